The lowest BCUT2D eigenvalue weighted by Gasteiger charge is -2.34. The zero-order valence-electron chi connectivity index (χ0n) is 22.4. The summed E-state index contributed by atoms with van der Waals surface area (Å²) in [5.41, 5.74) is 1.25. The van der Waals surface area contributed by atoms with Gasteiger partial charge < -0.3 is 18.9 Å². The number of carbonyl (C=O) groups is 1. The van der Waals surface area contributed by atoms with Crippen LogP contribution in [-0.2, 0) is 25.1 Å². The fraction of sp³-hybridized carbons (Fsp3) is 0.462. The lowest BCUT2D eigenvalue weighted by molar-refractivity contribution is 0.0636. The molecule has 1 amide bonds. The summed E-state index contributed by atoms with van der Waals surface area (Å²) in [6, 6.07) is 8.72. The van der Waals surface area contributed by atoms with Crippen molar-refractivity contribution in [2.45, 2.75) is 63.8 Å². The lowest BCUT2D eigenvalue weighted by Crippen LogP contribution is -2.44. The molecule has 38 heavy (non-hydrogen) atoms. The van der Waals surface area contributed by atoms with Crippen molar-refractivity contribution < 1.29 is 27.2 Å². The monoisotopic (exact) mass is 543 g/mol. The van der Waals surface area contributed by atoms with Gasteiger partial charge in [0.25, 0.3) is 0 Å². The van der Waals surface area contributed by atoms with Gasteiger partial charge >= 0.3 is 6.09 Å². The zero-order valence-corrected chi connectivity index (χ0v) is 23.3. The number of amides is 1. The van der Waals surface area contributed by atoms with Gasteiger partial charge in [-0.1, -0.05) is 5.16 Å². The molecule has 11 nitrogen and oxygen atoms in total. The molecule has 3 aromatic rings. The molecule has 1 saturated heterocycles. The Labute approximate surface area is 222 Å². The molecule has 0 unspecified atom stereocenters. The van der Waals surface area contributed by atoms with E-state index in [1.165, 1.54) is 0 Å². The summed E-state index contributed by atoms with van der Waals surface area (Å²) in [6.45, 7) is 12.3. The quantitative estimate of drug-likeness (QED) is 0.479. The summed E-state index contributed by atoms with van der Waals surface area (Å²) in [5.74, 6) is 0.890. The largest absolute Gasteiger partial charge is 0.444 e. The van der Waals surface area contributed by atoms with Crippen molar-refractivity contribution in [2.24, 2.45) is 0 Å². The lowest BCUT2D eigenvalue weighted by atomic mass is 10.2. The third kappa shape index (κ3) is 6.48. The number of sulfone groups is 1. The van der Waals surface area contributed by atoms with Crippen molar-refractivity contribution in [3.8, 4) is 11.4 Å². The molecule has 0 bridgehead atoms. The highest BCUT2D eigenvalue weighted by Gasteiger charge is 2.27. The van der Waals surface area contributed by atoms with E-state index >= 15 is 0 Å². The highest BCUT2D eigenvalue weighted by Crippen LogP contribution is 2.28. The average molecular weight is 544 g/mol. The first-order chi connectivity index (χ1) is 17.8. The van der Waals surface area contributed by atoms with Crippen LogP contribution in [0.1, 0.15) is 44.8 Å². The Morgan fingerprint density at radius 2 is 1.89 bits per heavy atom. The fourth-order valence-electron chi connectivity index (χ4n) is 4.21. The molecule has 1 N–H and O–H groups in total. The smallest absolute Gasteiger partial charge is 0.412 e. The molecule has 2 aromatic heterocycles. The summed E-state index contributed by atoms with van der Waals surface area (Å²) < 4.78 is 42.6. The molecule has 0 aliphatic carbocycles. The van der Waals surface area contributed by atoms with Crippen LogP contribution in [-0.4, -0.2) is 61.0 Å². The van der Waals surface area contributed by atoms with Crippen LogP contribution in [0.15, 0.2) is 39.8 Å². The molecule has 1 aliphatic heterocycles. The minimum absolute atomic E-state index is 0.0546. The van der Waals surface area contributed by atoms with E-state index in [4.69, 9.17) is 19.0 Å². The molecule has 1 aliphatic rings. The van der Waals surface area contributed by atoms with Gasteiger partial charge in [0.1, 0.15) is 16.3 Å². The van der Waals surface area contributed by atoms with Gasteiger partial charge in [0.05, 0.1) is 36.4 Å². The first kappa shape index (κ1) is 27.5. The van der Waals surface area contributed by atoms with Crippen molar-refractivity contribution in [1.29, 1.82) is 0 Å². The summed E-state index contributed by atoms with van der Waals surface area (Å²) in [5, 5.41) is 6.49. The van der Waals surface area contributed by atoms with Crippen LogP contribution in [0.2, 0.25) is 0 Å². The predicted molar refractivity (Wildman–Crippen MR) is 142 cm³/mol. The van der Waals surface area contributed by atoms with E-state index in [-0.39, 0.29) is 22.5 Å². The Morgan fingerprint density at radius 3 is 2.50 bits per heavy atom. The molecular formula is C26H33N5O6S. The Hall–Kier alpha value is -3.51. The normalized spacial score (nSPS) is 16.4. The van der Waals surface area contributed by atoms with Crippen LogP contribution >= 0.6 is 0 Å². The molecule has 12 heteroatoms. The summed E-state index contributed by atoms with van der Waals surface area (Å²) in [7, 11) is -3.78. The number of aryl methyl sites for hydroxylation is 2. The molecule has 4 rings (SSSR count). The third-order valence-corrected chi connectivity index (χ3v) is 7.71. The molecule has 0 radical (unpaired) electrons. The third-order valence-electron chi connectivity index (χ3n) is 5.83. The molecule has 1 fully saturated rings. The highest BCUT2D eigenvalue weighted by molar-refractivity contribution is 7.90. The van der Waals surface area contributed by atoms with E-state index in [0.717, 1.165) is 0 Å². The number of aromatic nitrogens is 3. The predicted octanol–water partition coefficient (Wildman–Crippen LogP) is 4.29. The van der Waals surface area contributed by atoms with Gasteiger partial charge in [-0.3, -0.25) is 5.32 Å². The number of ether oxygens (including phenoxy) is 2. The zero-order chi connectivity index (χ0) is 27.7. The number of nitrogens with one attached hydrogen (secondary N) is 1. The molecule has 1 aromatic carbocycles. The molecule has 3 heterocycles. The van der Waals surface area contributed by atoms with Crippen molar-refractivity contribution in [2.75, 3.05) is 30.0 Å². The maximum absolute atomic E-state index is 13.3. The first-order valence-corrected chi connectivity index (χ1v) is 14.0. The van der Waals surface area contributed by atoms with E-state index in [0.29, 0.717) is 54.0 Å². The number of morpholine rings is 1. The average Bonchev–Trinajstić information content (AvgIpc) is 3.17. The van der Waals surface area contributed by atoms with Gasteiger partial charge in [0.2, 0.25) is 0 Å². The van der Waals surface area contributed by atoms with Gasteiger partial charge in [0.15, 0.2) is 21.4 Å². The number of carbonyl (C=O) groups excluding carboxylic acids is 1. The molecule has 1 atom stereocenters. The van der Waals surface area contributed by atoms with Gasteiger partial charge in [0, 0.05) is 23.9 Å². The van der Waals surface area contributed by atoms with E-state index in [1.807, 2.05) is 6.92 Å². The van der Waals surface area contributed by atoms with Gasteiger partial charge in [-0.05, 0) is 65.8 Å². The Kier molecular flexibility index (Phi) is 7.75. The summed E-state index contributed by atoms with van der Waals surface area (Å²) in [4.78, 5) is 23.6. The van der Waals surface area contributed by atoms with Crippen LogP contribution in [0.3, 0.4) is 0 Å². The second-order valence-corrected chi connectivity index (χ2v) is 12.2. The minimum Gasteiger partial charge on any atom is -0.444 e. The number of rotatable bonds is 6. The Morgan fingerprint density at radius 1 is 1.18 bits per heavy atom. The van der Waals surface area contributed by atoms with Crippen LogP contribution in [0.25, 0.3) is 11.4 Å². The van der Waals surface area contributed by atoms with Crippen LogP contribution in [0.4, 0.5) is 16.3 Å². The van der Waals surface area contributed by atoms with Crippen molar-refractivity contribution in [3.05, 3.63) is 47.5 Å². The van der Waals surface area contributed by atoms with Crippen molar-refractivity contribution >= 4 is 27.4 Å². The van der Waals surface area contributed by atoms with Crippen LogP contribution in [0, 0.1) is 13.8 Å². The maximum atomic E-state index is 13.3. The van der Waals surface area contributed by atoms with Crippen molar-refractivity contribution in [3.63, 3.8) is 0 Å². The van der Waals surface area contributed by atoms with E-state index < -0.39 is 21.5 Å². The second kappa shape index (κ2) is 10.7. The van der Waals surface area contributed by atoms with Gasteiger partial charge in [-0.25, -0.2) is 23.2 Å². The van der Waals surface area contributed by atoms with Gasteiger partial charge in [-0.15, -0.1) is 0 Å². The fourth-order valence-corrected chi connectivity index (χ4v) is 5.85. The topological polar surface area (TPSA) is 137 Å². The summed E-state index contributed by atoms with van der Waals surface area (Å²) in [6.07, 6.45) is -0.559. The number of hydrogen-bond acceptors (Lipinski definition) is 10. The molecule has 204 valence electrons. The minimum atomic E-state index is -3.78. The van der Waals surface area contributed by atoms with Crippen LogP contribution < -0.4 is 10.2 Å². The number of nitrogens with zero attached hydrogens (tertiary/aromatic N) is 4. The van der Waals surface area contributed by atoms with Crippen molar-refractivity contribution in [1.82, 2.24) is 15.1 Å². The second-order valence-electron chi connectivity index (χ2n) is 10.3. The first-order valence-electron chi connectivity index (χ1n) is 12.3. The molecular weight excluding hydrogens is 510 g/mol. The summed E-state index contributed by atoms with van der Waals surface area (Å²) >= 11 is 0. The highest BCUT2D eigenvalue weighted by atomic mass is 32.2. The maximum Gasteiger partial charge on any atom is 0.412 e. The van der Waals surface area contributed by atoms with E-state index in [1.54, 1.807) is 65.0 Å². The Bertz CT molecular complexity index is 1390. The van der Waals surface area contributed by atoms with E-state index in [9.17, 15) is 13.2 Å². The van der Waals surface area contributed by atoms with Crippen LogP contribution in [0.5, 0.6) is 0 Å². The number of anilines is 2. The van der Waals surface area contributed by atoms with Gasteiger partial charge in [-0.2, -0.15) is 0 Å². The van der Waals surface area contributed by atoms with E-state index in [2.05, 4.69) is 20.4 Å². The number of benzene rings is 1. The SMILES string of the molecule is Cc1noc(C)c1S(=O)(=O)Cc1cc(N2CCOC[C@@H]2C)nc(-c2ccc(NC(=O)OC(C)(C)C)cc2)n1. The molecule has 0 saturated carbocycles. The Balaban J connectivity index is 1.67. The standard InChI is InChI=1S/C26H33N5O6S/c1-16-14-35-12-11-31(16)22-13-21(15-38(33,34)23-17(2)30-37-18(23)3)27-24(29-22)19-7-9-20(10-8-19)28-25(32)36-26(4,5)6/h7-10,13,16H,11-12,14-15H2,1-6H3,(H,28,32)/t16-/m0/s1. The number of hydrogen-bond donors (Lipinski definition) is 1. The molecule has 0 spiro atoms.